The van der Waals surface area contributed by atoms with Crippen molar-refractivity contribution in [3.05, 3.63) is 24.3 Å². The fourth-order valence-corrected chi connectivity index (χ4v) is 2.09. The minimum Gasteiger partial charge on any atom is -0.494 e. The zero-order valence-corrected chi connectivity index (χ0v) is 10.4. The molecule has 2 rings (SSSR count). The molecular formula is C14H21NO2. The second-order valence-corrected chi connectivity index (χ2v) is 4.42. The van der Waals surface area contributed by atoms with Crippen LogP contribution in [0.15, 0.2) is 24.3 Å². The van der Waals surface area contributed by atoms with Crippen molar-refractivity contribution < 1.29 is 9.47 Å². The van der Waals surface area contributed by atoms with E-state index in [2.05, 4.69) is 11.4 Å². The molecular weight excluding hydrogens is 214 g/mol. The molecule has 1 aromatic rings. The van der Waals surface area contributed by atoms with Crippen LogP contribution in [-0.2, 0) is 4.74 Å². The van der Waals surface area contributed by atoms with Crippen LogP contribution in [0, 0.1) is 5.92 Å². The summed E-state index contributed by atoms with van der Waals surface area (Å²) >= 11 is 0. The van der Waals surface area contributed by atoms with Gasteiger partial charge in [-0.05, 0) is 37.8 Å². The highest BCUT2D eigenvalue weighted by atomic mass is 16.5. The topological polar surface area (TPSA) is 30.5 Å². The first-order chi connectivity index (χ1) is 8.38. The summed E-state index contributed by atoms with van der Waals surface area (Å²) in [5.74, 6) is 1.57. The minimum atomic E-state index is 0.638. The van der Waals surface area contributed by atoms with Gasteiger partial charge < -0.3 is 14.8 Å². The van der Waals surface area contributed by atoms with E-state index < -0.39 is 0 Å². The normalized spacial score (nSPS) is 19.9. The maximum absolute atomic E-state index is 5.47. The molecule has 1 aliphatic rings. The van der Waals surface area contributed by atoms with Gasteiger partial charge in [0.15, 0.2) is 0 Å². The molecule has 1 atom stereocenters. The van der Waals surface area contributed by atoms with Gasteiger partial charge in [0, 0.05) is 24.9 Å². The average Bonchev–Trinajstić information content (AvgIpc) is 2.39. The third-order valence-corrected chi connectivity index (χ3v) is 2.99. The Balaban J connectivity index is 1.83. The Labute approximate surface area is 103 Å². The molecule has 1 aromatic carbocycles. The lowest BCUT2D eigenvalue weighted by atomic mass is 10.0. The van der Waals surface area contributed by atoms with Crippen LogP contribution >= 0.6 is 0 Å². The van der Waals surface area contributed by atoms with Crippen molar-refractivity contribution in [3.63, 3.8) is 0 Å². The molecule has 94 valence electrons. The maximum atomic E-state index is 5.47. The second-order valence-electron chi connectivity index (χ2n) is 4.42. The van der Waals surface area contributed by atoms with Crippen LogP contribution in [0.2, 0.25) is 0 Å². The maximum Gasteiger partial charge on any atom is 0.121 e. The van der Waals surface area contributed by atoms with Gasteiger partial charge in [-0.2, -0.15) is 0 Å². The minimum absolute atomic E-state index is 0.638. The van der Waals surface area contributed by atoms with E-state index in [-0.39, 0.29) is 0 Å². The van der Waals surface area contributed by atoms with E-state index >= 15 is 0 Å². The monoisotopic (exact) mass is 235 g/mol. The average molecular weight is 235 g/mol. The molecule has 0 aromatic heterocycles. The molecule has 1 fully saturated rings. The largest absolute Gasteiger partial charge is 0.494 e. The number of ether oxygens (including phenoxy) is 2. The third kappa shape index (κ3) is 3.93. The number of nitrogens with one attached hydrogen (secondary N) is 1. The van der Waals surface area contributed by atoms with Gasteiger partial charge in [0.25, 0.3) is 0 Å². The Bertz CT molecular complexity index is 335. The molecule has 1 saturated heterocycles. The Morgan fingerprint density at radius 1 is 1.47 bits per heavy atom. The van der Waals surface area contributed by atoms with Gasteiger partial charge in [-0.25, -0.2) is 0 Å². The van der Waals surface area contributed by atoms with Crippen LogP contribution in [0.5, 0.6) is 5.75 Å². The Morgan fingerprint density at radius 3 is 3.18 bits per heavy atom. The highest BCUT2D eigenvalue weighted by Crippen LogP contribution is 2.19. The van der Waals surface area contributed by atoms with Gasteiger partial charge >= 0.3 is 0 Å². The molecule has 1 aliphatic heterocycles. The number of hydrogen-bond acceptors (Lipinski definition) is 3. The second kappa shape index (κ2) is 6.50. The summed E-state index contributed by atoms with van der Waals surface area (Å²) in [5.41, 5.74) is 1.13. The summed E-state index contributed by atoms with van der Waals surface area (Å²) in [6.07, 6.45) is 2.45. The van der Waals surface area contributed by atoms with E-state index in [1.54, 1.807) is 0 Å². The van der Waals surface area contributed by atoms with Gasteiger partial charge in [0.1, 0.15) is 5.75 Å². The van der Waals surface area contributed by atoms with Crippen molar-refractivity contribution in [1.29, 1.82) is 0 Å². The lowest BCUT2D eigenvalue weighted by Crippen LogP contribution is -2.24. The predicted molar refractivity (Wildman–Crippen MR) is 69.6 cm³/mol. The molecule has 0 amide bonds. The SMILES string of the molecule is CCOc1cccc(NCC2CCCOC2)c1. The van der Waals surface area contributed by atoms with Gasteiger partial charge in [-0.3, -0.25) is 0 Å². The molecule has 1 unspecified atom stereocenters. The quantitative estimate of drug-likeness (QED) is 0.851. The standard InChI is InChI=1S/C14H21NO2/c1-2-17-14-7-3-6-13(9-14)15-10-12-5-4-8-16-11-12/h3,6-7,9,12,15H,2,4-5,8,10-11H2,1H3. The summed E-state index contributed by atoms with van der Waals surface area (Å²) in [4.78, 5) is 0. The van der Waals surface area contributed by atoms with E-state index in [1.165, 1.54) is 12.8 Å². The lowest BCUT2D eigenvalue weighted by molar-refractivity contribution is 0.0595. The smallest absolute Gasteiger partial charge is 0.121 e. The van der Waals surface area contributed by atoms with E-state index in [0.717, 1.165) is 31.2 Å². The lowest BCUT2D eigenvalue weighted by Gasteiger charge is -2.22. The fraction of sp³-hybridized carbons (Fsp3) is 0.571. The Hall–Kier alpha value is -1.22. The number of rotatable bonds is 5. The highest BCUT2D eigenvalue weighted by Gasteiger charge is 2.13. The summed E-state index contributed by atoms with van der Waals surface area (Å²) in [5, 5.41) is 3.45. The molecule has 0 bridgehead atoms. The summed E-state index contributed by atoms with van der Waals surface area (Å²) in [6.45, 7) is 5.50. The van der Waals surface area contributed by atoms with E-state index in [1.807, 2.05) is 25.1 Å². The van der Waals surface area contributed by atoms with Crippen LogP contribution < -0.4 is 10.1 Å². The first-order valence-electron chi connectivity index (χ1n) is 6.43. The molecule has 3 heteroatoms. The molecule has 0 aliphatic carbocycles. The highest BCUT2D eigenvalue weighted by molar-refractivity contribution is 5.48. The van der Waals surface area contributed by atoms with E-state index in [4.69, 9.17) is 9.47 Å². The van der Waals surface area contributed by atoms with Gasteiger partial charge in [-0.15, -0.1) is 0 Å². The summed E-state index contributed by atoms with van der Waals surface area (Å²) in [7, 11) is 0. The van der Waals surface area contributed by atoms with Gasteiger partial charge in [-0.1, -0.05) is 6.07 Å². The zero-order valence-electron chi connectivity index (χ0n) is 10.4. The zero-order chi connectivity index (χ0) is 11.9. The number of anilines is 1. The van der Waals surface area contributed by atoms with Crippen molar-refractivity contribution in [1.82, 2.24) is 0 Å². The van der Waals surface area contributed by atoms with E-state index in [0.29, 0.717) is 12.5 Å². The number of hydrogen-bond donors (Lipinski definition) is 1. The third-order valence-electron chi connectivity index (χ3n) is 2.99. The first-order valence-corrected chi connectivity index (χ1v) is 6.43. The number of benzene rings is 1. The Kier molecular flexibility index (Phi) is 4.68. The molecule has 3 nitrogen and oxygen atoms in total. The van der Waals surface area contributed by atoms with Crippen molar-refractivity contribution >= 4 is 5.69 Å². The molecule has 1 heterocycles. The van der Waals surface area contributed by atoms with Gasteiger partial charge in [0.05, 0.1) is 13.2 Å². The van der Waals surface area contributed by atoms with Crippen LogP contribution in [0.1, 0.15) is 19.8 Å². The van der Waals surface area contributed by atoms with Crippen LogP contribution in [0.3, 0.4) is 0 Å². The van der Waals surface area contributed by atoms with E-state index in [9.17, 15) is 0 Å². The van der Waals surface area contributed by atoms with Crippen LogP contribution in [0.25, 0.3) is 0 Å². The molecule has 1 N–H and O–H groups in total. The molecule has 0 saturated carbocycles. The van der Waals surface area contributed by atoms with Crippen LogP contribution in [0.4, 0.5) is 5.69 Å². The molecule has 0 radical (unpaired) electrons. The van der Waals surface area contributed by atoms with Crippen molar-refractivity contribution in [2.45, 2.75) is 19.8 Å². The van der Waals surface area contributed by atoms with Crippen molar-refractivity contribution in [2.75, 3.05) is 31.7 Å². The van der Waals surface area contributed by atoms with Crippen LogP contribution in [-0.4, -0.2) is 26.4 Å². The Morgan fingerprint density at radius 2 is 2.41 bits per heavy atom. The molecule has 0 spiro atoms. The predicted octanol–water partition coefficient (Wildman–Crippen LogP) is 2.92. The summed E-state index contributed by atoms with van der Waals surface area (Å²) < 4.78 is 10.9. The van der Waals surface area contributed by atoms with Gasteiger partial charge in [0.2, 0.25) is 0 Å². The summed E-state index contributed by atoms with van der Waals surface area (Å²) in [6, 6.07) is 8.13. The van der Waals surface area contributed by atoms with Crippen molar-refractivity contribution in [2.24, 2.45) is 5.92 Å². The first kappa shape index (κ1) is 12.2. The fourth-order valence-electron chi connectivity index (χ4n) is 2.09. The molecule has 17 heavy (non-hydrogen) atoms. The van der Waals surface area contributed by atoms with Crippen molar-refractivity contribution in [3.8, 4) is 5.75 Å².